The highest BCUT2D eigenvalue weighted by Gasteiger charge is 2.25. The first kappa shape index (κ1) is 14.5. The maximum atomic E-state index is 12.1. The molecule has 0 aliphatic heterocycles. The van der Waals surface area contributed by atoms with Gasteiger partial charge in [0.1, 0.15) is 0 Å². The van der Waals surface area contributed by atoms with Crippen molar-refractivity contribution in [2.45, 2.75) is 50.2 Å². The van der Waals surface area contributed by atoms with Crippen molar-refractivity contribution in [1.29, 1.82) is 0 Å². The summed E-state index contributed by atoms with van der Waals surface area (Å²) in [6.07, 6.45) is 7.32. The second kappa shape index (κ2) is 6.02. The van der Waals surface area contributed by atoms with Gasteiger partial charge in [-0.1, -0.05) is 12.8 Å². The summed E-state index contributed by atoms with van der Waals surface area (Å²) in [6.45, 7) is 3.05. The van der Waals surface area contributed by atoms with Crippen molar-refractivity contribution in [3.05, 3.63) is 12.5 Å². The van der Waals surface area contributed by atoms with Gasteiger partial charge in [0, 0.05) is 25.3 Å². The molecular weight excluding hydrogens is 264 g/mol. The van der Waals surface area contributed by atoms with Crippen LogP contribution in [0.4, 0.5) is 0 Å². The molecule has 2 unspecified atom stereocenters. The zero-order valence-electron chi connectivity index (χ0n) is 11.2. The molecule has 0 bridgehead atoms. The lowest BCUT2D eigenvalue weighted by atomic mass is 9.85. The van der Waals surface area contributed by atoms with E-state index in [1.165, 1.54) is 6.33 Å². The first-order valence-electron chi connectivity index (χ1n) is 6.80. The largest absolute Gasteiger partial charge is 0.336 e. The van der Waals surface area contributed by atoms with Gasteiger partial charge < -0.3 is 10.3 Å². The molecule has 0 saturated heterocycles. The van der Waals surface area contributed by atoms with E-state index < -0.39 is 10.0 Å². The molecule has 0 radical (unpaired) electrons. The number of aryl methyl sites for hydroxylation is 1. The summed E-state index contributed by atoms with van der Waals surface area (Å²) in [6, 6.07) is 0.102. The van der Waals surface area contributed by atoms with E-state index >= 15 is 0 Å². The molecule has 108 valence electrons. The Morgan fingerprint density at radius 3 is 2.84 bits per heavy atom. The molecule has 1 heterocycles. The third-order valence-corrected chi connectivity index (χ3v) is 5.06. The fraction of sp³-hybridized carbons (Fsp3) is 0.750. The average molecular weight is 286 g/mol. The lowest BCUT2D eigenvalue weighted by Gasteiger charge is -2.28. The van der Waals surface area contributed by atoms with Crippen molar-refractivity contribution in [3.63, 3.8) is 0 Å². The highest BCUT2D eigenvalue weighted by atomic mass is 32.2. The summed E-state index contributed by atoms with van der Waals surface area (Å²) < 4.78 is 28.5. The van der Waals surface area contributed by atoms with E-state index in [2.05, 4.69) is 9.71 Å². The van der Waals surface area contributed by atoms with Crippen molar-refractivity contribution in [3.8, 4) is 0 Å². The Hall–Kier alpha value is -0.920. The maximum absolute atomic E-state index is 12.1. The summed E-state index contributed by atoms with van der Waals surface area (Å²) in [4.78, 5) is 3.92. The molecule has 0 amide bonds. The van der Waals surface area contributed by atoms with Crippen LogP contribution in [0.15, 0.2) is 17.6 Å². The van der Waals surface area contributed by atoms with Crippen LogP contribution in [-0.2, 0) is 16.6 Å². The summed E-state index contributed by atoms with van der Waals surface area (Å²) in [5.74, 6) is 0.233. The number of sulfonamides is 1. The molecule has 1 fully saturated rings. The highest BCUT2D eigenvalue weighted by Crippen LogP contribution is 2.22. The van der Waals surface area contributed by atoms with Crippen molar-refractivity contribution in [2.24, 2.45) is 11.7 Å². The normalized spacial score (nSPS) is 24.5. The number of nitrogens with zero attached hydrogens (tertiary/aromatic N) is 2. The predicted molar refractivity (Wildman–Crippen MR) is 73.0 cm³/mol. The van der Waals surface area contributed by atoms with Crippen molar-refractivity contribution < 1.29 is 8.42 Å². The van der Waals surface area contributed by atoms with Crippen LogP contribution in [-0.4, -0.2) is 30.6 Å². The quantitative estimate of drug-likeness (QED) is 0.833. The Morgan fingerprint density at radius 2 is 2.21 bits per heavy atom. The van der Waals surface area contributed by atoms with Crippen LogP contribution in [0.2, 0.25) is 0 Å². The molecule has 19 heavy (non-hydrogen) atoms. The minimum absolute atomic E-state index is 0.0822. The smallest absolute Gasteiger partial charge is 0.259 e. The van der Waals surface area contributed by atoms with Crippen LogP contribution < -0.4 is 10.5 Å². The molecule has 1 aromatic heterocycles. The van der Waals surface area contributed by atoms with Crippen molar-refractivity contribution in [1.82, 2.24) is 14.3 Å². The van der Waals surface area contributed by atoms with Gasteiger partial charge in [-0.25, -0.2) is 18.1 Å². The highest BCUT2D eigenvalue weighted by molar-refractivity contribution is 7.89. The van der Waals surface area contributed by atoms with E-state index in [4.69, 9.17) is 5.73 Å². The van der Waals surface area contributed by atoms with E-state index in [1.807, 2.05) is 6.92 Å². The van der Waals surface area contributed by atoms with Crippen molar-refractivity contribution in [2.75, 3.05) is 6.54 Å². The second-order valence-corrected chi connectivity index (χ2v) is 6.82. The van der Waals surface area contributed by atoms with Crippen LogP contribution in [0.5, 0.6) is 0 Å². The van der Waals surface area contributed by atoms with E-state index in [0.29, 0.717) is 13.1 Å². The summed E-state index contributed by atoms with van der Waals surface area (Å²) in [7, 11) is -3.51. The fourth-order valence-electron chi connectivity index (χ4n) is 2.43. The number of rotatable bonds is 5. The number of nitrogens with one attached hydrogen (secondary N) is 1. The fourth-order valence-corrected chi connectivity index (χ4v) is 3.47. The van der Waals surface area contributed by atoms with Gasteiger partial charge in [-0.3, -0.25) is 0 Å². The molecule has 1 aromatic rings. The Bertz CT molecular complexity index is 512. The third kappa shape index (κ3) is 3.55. The Labute approximate surface area is 114 Å². The molecule has 1 saturated carbocycles. The van der Waals surface area contributed by atoms with Crippen LogP contribution in [0.3, 0.4) is 0 Å². The van der Waals surface area contributed by atoms with Gasteiger partial charge in [0.2, 0.25) is 0 Å². The molecule has 6 nitrogen and oxygen atoms in total. The van der Waals surface area contributed by atoms with Crippen LogP contribution >= 0.6 is 0 Å². The average Bonchev–Trinajstić information content (AvgIpc) is 2.87. The number of imidazole rings is 1. The number of nitrogens with two attached hydrogens (primary N) is 1. The summed E-state index contributed by atoms with van der Waals surface area (Å²) in [5.41, 5.74) is 6.02. The topological polar surface area (TPSA) is 90.0 Å². The number of hydrogen-bond donors (Lipinski definition) is 2. The molecule has 0 aromatic carbocycles. The zero-order chi connectivity index (χ0) is 13.9. The van der Waals surface area contributed by atoms with E-state index in [1.54, 1.807) is 10.8 Å². The van der Waals surface area contributed by atoms with Crippen LogP contribution in [0.1, 0.15) is 32.6 Å². The molecule has 3 N–H and O–H groups in total. The monoisotopic (exact) mass is 286 g/mol. The van der Waals surface area contributed by atoms with E-state index in [-0.39, 0.29) is 17.0 Å². The molecular formula is C12H22N4O2S. The third-order valence-electron chi connectivity index (χ3n) is 3.75. The van der Waals surface area contributed by atoms with Crippen molar-refractivity contribution >= 4 is 10.0 Å². The van der Waals surface area contributed by atoms with Gasteiger partial charge in [-0.15, -0.1) is 0 Å². The molecule has 1 aliphatic rings. The Morgan fingerprint density at radius 1 is 1.47 bits per heavy atom. The van der Waals surface area contributed by atoms with Gasteiger partial charge >= 0.3 is 0 Å². The minimum Gasteiger partial charge on any atom is -0.336 e. The van der Waals surface area contributed by atoms with E-state index in [0.717, 1.165) is 25.7 Å². The van der Waals surface area contributed by atoms with Gasteiger partial charge in [0.05, 0.1) is 6.33 Å². The summed E-state index contributed by atoms with van der Waals surface area (Å²) >= 11 is 0. The second-order valence-electron chi connectivity index (χ2n) is 5.10. The number of hydrogen-bond acceptors (Lipinski definition) is 4. The number of aromatic nitrogens is 2. The molecule has 1 aliphatic carbocycles. The Balaban J connectivity index is 1.97. The van der Waals surface area contributed by atoms with Gasteiger partial charge in [-0.2, -0.15) is 0 Å². The summed E-state index contributed by atoms with van der Waals surface area (Å²) in [5, 5.41) is 0.0822. The minimum atomic E-state index is -3.51. The zero-order valence-corrected chi connectivity index (χ0v) is 12.1. The molecule has 7 heteroatoms. The first-order valence-corrected chi connectivity index (χ1v) is 8.28. The van der Waals surface area contributed by atoms with E-state index in [9.17, 15) is 8.42 Å². The SMILES string of the molecule is CCn1cnc(S(=O)(=O)NCC2CCCCC2N)c1. The van der Waals surface area contributed by atoms with Gasteiger partial charge in [-0.05, 0) is 25.7 Å². The van der Waals surface area contributed by atoms with Crippen LogP contribution in [0, 0.1) is 5.92 Å². The molecule has 2 rings (SSSR count). The van der Waals surface area contributed by atoms with Gasteiger partial charge in [0.15, 0.2) is 5.03 Å². The Kier molecular flexibility index (Phi) is 4.59. The molecule has 2 atom stereocenters. The van der Waals surface area contributed by atoms with Crippen LogP contribution in [0.25, 0.3) is 0 Å². The predicted octanol–water partition coefficient (Wildman–Crippen LogP) is 0.699. The lowest BCUT2D eigenvalue weighted by Crippen LogP contribution is -2.41. The molecule has 0 spiro atoms. The van der Waals surface area contributed by atoms with Gasteiger partial charge in [0.25, 0.3) is 10.0 Å². The standard InChI is InChI=1S/C12H22N4O2S/c1-2-16-8-12(14-9-16)19(17,18)15-7-10-5-3-4-6-11(10)13/h8-11,15H,2-7,13H2,1H3. The first-order chi connectivity index (χ1) is 9.03. The lowest BCUT2D eigenvalue weighted by molar-refractivity contribution is 0.308. The maximum Gasteiger partial charge on any atom is 0.259 e.